The van der Waals surface area contributed by atoms with Gasteiger partial charge in [-0.3, -0.25) is 9.59 Å². The molecular weight excluding hydrogens is 310 g/mol. The Morgan fingerprint density at radius 2 is 1.96 bits per heavy atom. The van der Waals surface area contributed by atoms with E-state index in [4.69, 9.17) is 9.47 Å². The van der Waals surface area contributed by atoms with Gasteiger partial charge in [-0.25, -0.2) is 0 Å². The first-order valence-electron chi connectivity index (χ1n) is 8.11. The molecule has 7 nitrogen and oxygen atoms in total. The molecular formula is C17H25N3O4. The lowest BCUT2D eigenvalue weighted by Crippen LogP contribution is -2.46. The van der Waals surface area contributed by atoms with Crippen LogP contribution in [0.25, 0.3) is 0 Å². The highest BCUT2D eigenvalue weighted by molar-refractivity contribution is 5.95. The van der Waals surface area contributed by atoms with Crippen molar-refractivity contribution in [3.63, 3.8) is 0 Å². The third kappa shape index (κ3) is 4.86. The molecule has 0 bridgehead atoms. The first kappa shape index (κ1) is 18.1. The number of nitrogens with one attached hydrogen (secondary N) is 2. The molecule has 2 amide bonds. The number of amides is 2. The second-order valence-corrected chi connectivity index (χ2v) is 5.92. The summed E-state index contributed by atoms with van der Waals surface area (Å²) >= 11 is 0. The van der Waals surface area contributed by atoms with E-state index in [1.807, 2.05) is 18.7 Å². The van der Waals surface area contributed by atoms with Gasteiger partial charge in [0.2, 0.25) is 0 Å². The molecule has 0 radical (unpaired) electrons. The number of hydrogen-bond acceptors (Lipinski definition) is 5. The van der Waals surface area contributed by atoms with Gasteiger partial charge in [-0.1, -0.05) is 0 Å². The molecule has 1 aromatic carbocycles. The van der Waals surface area contributed by atoms with Crippen LogP contribution in [-0.4, -0.2) is 62.7 Å². The van der Waals surface area contributed by atoms with Gasteiger partial charge in [0, 0.05) is 37.8 Å². The van der Waals surface area contributed by atoms with Gasteiger partial charge in [-0.05, 0) is 32.0 Å². The van der Waals surface area contributed by atoms with Gasteiger partial charge in [0.25, 0.3) is 11.8 Å². The number of methoxy groups -OCH3 is 1. The number of piperazine rings is 1. The van der Waals surface area contributed by atoms with Crippen molar-refractivity contribution in [1.82, 2.24) is 15.5 Å². The zero-order valence-corrected chi connectivity index (χ0v) is 14.4. The van der Waals surface area contributed by atoms with Crippen LogP contribution < -0.4 is 20.1 Å². The molecule has 0 unspecified atom stereocenters. The topological polar surface area (TPSA) is 79.9 Å². The Kier molecular flexibility index (Phi) is 6.43. The molecule has 0 spiro atoms. The second-order valence-electron chi connectivity index (χ2n) is 5.92. The van der Waals surface area contributed by atoms with Gasteiger partial charge in [-0.2, -0.15) is 0 Å². The Bertz CT molecular complexity index is 583. The van der Waals surface area contributed by atoms with Crippen LogP contribution in [0.1, 0.15) is 24.2 Å². The van der Waals surface area contributed by atoms with Crippen molar-refractivity contribution >= 4 is 11.8 Å². The van der Waals surface area contributed by atoms with Crippen LogP contribution in [0.5, 0.6) is 11.5 Å². The average molecular weight is 335 g/mol. The summed E-state index contributed by atoms with van der Waals surface area (Å²) in [6, 6.07) is 5.07. The number of rotatable bonds is 6. The van der Waals surface area contributed by atoms with E-state index in [0.29, 0.717) is 30.2 Å². The summed E-state index contributed by atoms with van der Waals surface area (Å²) in [5, 5.41) is 5.97. The Morgan fingerprint density at radius 1 is 1.25 bits per heavy atom. The third-order valence-corrected chi connectivity index (χ3v) is 3.62. The van der Waals surface area contributed by atoms with Crippen molar-refractivity contribution in [1.29, 1.82) is 0 Å². The molecule has 0 saturated carbocycles. The SMILES string of the molecule is COc1cc(C(=O)N2CCNCC2)ccc1OCC(=O)NC(C)C. The van der Waals surface area contributed by atoms with Gasteiger partial charge in [0.15, 0.2) is 18.1 Å². The molecule has 0 atom stereocenters. The normalized spacial score (nSPS) is 14.4. The summed E-state index contributed by atoms with van der Waals surface area (Å²) in [6.45, 7) is 6.65. The molecule has 24 heavy (non-hydrogen) atoms. The molecule has 1 fully saturated rings. The average Bonchev–Trinajstić information content (AvgIpc) is 2.59. The maximum atomic E-state index is 12.5. The van der Waals surface area contributed by atoms with Crippen LogP contribution in [0.3, 0.4) is 0 Å². The zero-order valence-electron chi connectivity index (χ0n) is 14.4. The Morgan fingerprint density at radius 3 is 2.58 bits per heavy atom. The lowest BCUT2D eigenvalue weighted by Gasteiger charge is -2.27. The first-order valence-corrected chi connectivity index (χ1v) is 8.11. The molecule has 1 saturated heterocycles. The molecule has 1 aliphatic rings. The third-order valence-electron chi connectivity index (χ3n) is 3.62. The summed E-state index contributed by atoms with van der Waals surface area (Å²) in [6.07, 6.45) is 0. The summed E-state index contributed by atoms with van der Waals surface area (Å²) in [4.78, 5) is 26.0. The standard InChI is InChI=1S/C17H25N3O4/c1-12(2)19-16(21)11-24-14-5-4-13(10-15(14)23-3)17(22)20-8-6-18-7-9-20/h4-5,10,12,18H,6-9,11H2,1-3H3,(H,19,21). The Balaban J connectivity index is 2.04. The molecule has 1 heterocycles. The molecule has 132 valence electrons. The number of carbonyl (C=O) groups is 2. The van der Waals surface area contributed by atoms with E-state index in [-0.39, 0.29) is 24.5 Å². The maximum absolute atomic E-state index is 12.5. The number of nitrogens with zero attached hydrogens (tertiary/aromatic N) is 1. The maximum Gasteiger partial charge on any atom is 0.258 e. The highest BCUT2D eigenvalue weighted by Crippen LogP contribution is 2.28. The molecule has 1 aliphatic heterocycles. The molecule has 7 heteroatoms. The summed E-state index contributed by atoms with van der Waals surface area (Å²) in [5.41, 5.74) is 0.549. The van der Waals surface area contributed by atoms with Gasteiger partial charge < -0.3 is 25.0 Å². The largest absolute Gasteiger partial charge is 0.493 e. The van der Waals surface area contributed by atoms with Crippen molar-refractivity contribution < 1.29 is 19.1 Å². The Labute approximate surface area is 142 Å². The fourth-order valence-corrected chi connectivity index (χ4v) is 2.48. The predicted octanol–water partition coefficient (Wildman–Crippen LogP) is 0.644. The summed E-state index contributed by atoms with van der Waals surface area (Å²) < 4.78 is 10.8. The van der Waals surface area contributed by atoms with E-state index in [1.165, 1.54) is 7.11 Å². The highest BCUT2D eigenvalue weighted by Gasteiger charge is 2.19. The van der Waals surface area contributed by atoms with Crippen molar-refractivity contribution in [2.45, 2.75) is 19.9 Å². The van der Waals surface area contributed by atoms with Crippen molar-refractivity contribution in [2.75, 3.05) is 39.9 Å². The summed E-state index contributed by atoms with van der Waals surface area (Å²) in [5.74, 6) is 0.647. The number of carbonyl (C=O) groups excluding carboxylic acids is 2. The summed E-state index contributed by atoms with van der Waals surface area (Å²) in [7, 11) is 1.51. The van der Waals surface area contributed by atoms with Gasteiger partial charge >= 0.3 is 0 Å². The quantitative estimate of drug-likeness (QED) is 0.798. The highest BCUT2D eigenvalue weighted by atomic mass is 16.5. The lowest BCUT2D eigenvalue weighted by molar-refractivity contribution is -0.123. The molecule has 0 aromatic heterocycles. The molecule has 0 aliphatic carbocycles. The fraction of sp³-hybridized carbons (Fsp3) is 0.529. The molecule has 1 aromatic rings. The second kappa shape index (κ2) is 8.54. The minimum absolute atomic E-state index is 0.0288. The smallest absolute Gasteiger partial charge is 0.258 e. The Hall–Kier alpha value is -2.28. The van der Waals surface area contributed by atoms with E-state index in [0.717, 1.165) is 13.1 Å². The minimum Gasteiger partial charge on any atom is -0.493 e. The monoisotopic (exact) mass is 335 g/mol. The molecule has 2 rings (SSSR count). The minimum atomic E-state index is -0.201. The van der Waals surface area contributed by atoms with Gasteiger partial charge in [-0.15, -0.1) is 0 Å². The van der Waals surface area contributed by atoms with Crippen LogP contribution in [-0.2, 0) is 4.79 Å². The van der Waals surface area contributed by atoms with Crippen molar-refractivity contribution in [2.24, 2.45) is 0 Å². The number of hydrogen-bond donors (Lipinski definition) is 2. The van der Waals surface area contributed by atoms with Gasteiger partial charge in [0.05, 0.1) is 7.11 Å². The van der Waals surface area contributed by atoms with E-state index in [1.54, 1.807) is 18.2 Å². The van der Waals surface area contributed by atoms with Crippen molar-refractivity contribution in [3.8, 4) is 11.5 Å². The van der Waals surface area contributed by atoms with Crippen LogP contribution in [0.15, 0.2) is 18.2 Å². The van der Waals surface area contributed by atoms with E-state index >= 15 is 0 Å². The first-order chi connectivity index (χ1) is 11.5. The van der Waals surface area contributed by atoms with Crippen LogP contribution >= 0.6 is 0 Å². The van der Waals surface area contributed by atoms with Crippen LogP contribution in [0.4, 0.5) is 0 Å². The molecule has 2 N–H and O–H groups in total. The number of ether oxygens (including phenoxy) is 2. The number of benzene rings is 1. The van der Waals surface area contributed by atoms with Crippen LogP contribution in [0.2, 0.25) is 0 Å². The predicted molar refractivity (Wildman–Crippen MR) is 90.5 cm³/mol. The van der Waals surface area contributed by atoms with Gasteiger partial charge in [0.1, 0.15) is 0 Å². The fourth-order valence-electron chi connectivity index (χ4n) is 2.48. The van der Waals surface area contributed by atoms with Crippen molar-refractivity contribution in [3.05, 3.63) is 23.8 Å². The van der Waals surface area contributed by atoms with E-state index in [2.05, 4.69) is 10.6 Å². The van der Waals surface area contributed by atoms with E-state index < -0.39 is 0 Å². The van der Waals surface area contributed by atoms with Crippen LogP contribution in [0, 0.1) is 0 Å². The van der Waals surface area contributed by atoms with E-state index in [9.17, 15) is 9.59 Å². The zero-order chi connectivity index (χ0) is 17.5. The lowest BCUT2D eigenvalue weighted by atomic mass is 10.1.